The van der Waals surface area contributed by atoms with Crippen LogP contribution in [0.5, 0.6) is 0 Å². The van der Waals surface area contributed by atoms with Gasteiger partial charge in [0.05, 0.1) is 0 Å². The molecule has 1 aromatic heterocycles. The van der Waals surface area contributed by atoms with Gasteiger partial charge in [0.25, 0.3) is 5.56 Å². The number of pyridine rings is 1. The fourth-order valence-corrected chi connectivity index (χ4v) is 2.39. The highest BCUT2D eigenvalue weighted by molar-refractivity contribution is 5.21. The summed E-state index contributed by atoms with van der Waals surface area (Å²) in [6, 6.07) is 2.53. The topological polar surface area (TPSA) is 36.1 Å². The molecule has 0 amide bonds. The molecule has 0 aliphatic carbocycles. The van der Waals surface area contributed by atoms with Gasteiger partial charge in [0, 0.05) is 17.8 Å². The monoisotopic (exact) mass is 206 g/mol. The van der Waals surface area contributed by atoms with Crippen LogP contribution in [0.2, 0.25) is 0 Å². The first-order chi connectivity index (χ1) is 7.22. The predicted octanol–water partition coefficient (Wildman–Crippen LogP) is 1.84. The molecular formula is C12H18N2O. The molecule has 2 heterocycles. The van der Waals surface area contributed by atoms with Gasteiger partial charge >= 0.3 is 0 Å². The zero-order valence-corrected chi connectivity index (χ0v) is 9.42. The fourth-order valence-electron chi connectivity index (χ4n) is 2.39. The number of H-pyrrole nitrogens is 1. The summed E-state index contributed by atoms with van der Waals surface area (Å²) >= 11 is 0. The molecule has 1 fully saturated rings. The first-order valence-electron chi connectivity index (χ1n) is 5.65. The molecule has 1 aliphatic rings. The van der Waals surface area contributed by atoms with Crippen LogP contribution in [-0.2, 0) is 0 Å². The summed E-state index contributed by atoms with van der Waals surface area (Å²) in [7, 11) is 0. The van der Waals surface area contributed by atoms with Crippen molar-refractivity contribution in [1.82, 2.24) is 9.88 Å². The molecule has 0 aromatic carbocycles. The van der Waals surface area contributed by atoms with Gasteiger partial charge in [0.2, 0.25) is 0 Å². The Kier molecular flexibility index (Phi) is 2.91. The average molecular weight is 206 g/mol. The minimum absolute atomic E-state index is 0.0276. The highest BCUT2D eigenvalue weighted by Gasteiger charge is 2.24. The maximum absolute atomic E-state index is 11.3. The Morgan fingerprint density at radius 1 is 1.60 bits per heavy atom. The molecule has 1 aromatic rings. The summed E-state index contributed by atoms with van der Waals surface area (Å²) in [6.07, 6.45) is 4.34. The van der Waals surface area contributed by atoms with Crippen LogP contribution in [0.1, 0.15) is 36.9 Å². The van der Waals surface area contributed by atoms with Crippen LogP contribution in [0.25, 0.3) is 0 Å². The number of aromatic nitrogens is 1. The second-order valence-electron chi connectivity index (χ2n) is 4.23. The van der Waals surface area contributed by atoms with E-state index in [-0.39, 0.29) is 5.56 Å². The number of nitrogens with zero attached hydrogens (tertiary/aromatic N) is 1. The molecule has 1 aliphatic heterocycles. The Morgan fingerprint density at radius 3 is 3.07 bits per heavy atom. The summed E-state index contributed by atoms with van der Waals surface area (Å²) in [5.74, 6) is 0. The van der Waals surface area contributed by atoms with Crippen LogP contribution in [-0.4, -0.2) is 23.0 Å². The van der Waals surface area contributed by atoms with Crippen molar-refractivity contribution in [3.05, 3.63) is 33.7 Å². The molecular weight excluding hydrogens is 188 g/mol. The maximum Gasteiger partial charge on any atom is 0.250 e. The third-order valence-electron chi connectivity index (χ3n) is 3.27. The first-order valence-corrected chi connectivity index (χ1v) is 5.65. The average Bonchev–Trinajstić information content (AvgIpc) is 2.70. The second-order valence-corrected chi connectivity index (χ2v) is 4.23. The standard InChI is InChI=1S/C12H18N2O/c1-3-14-6-4-5-11(14)10-7-9(2)12(15)13-8-10/h7-8,11H,3-6H2,1-2H3,(H,13,15)/t11-/m0/s1. The zero-order valence-electron chi connectivity index (χ0n) is 9.42. The van der Waals surface area contributed by atoms with Crippen LogP contribution in [0.4, 0.5) is 0 Å². The Bertz CT molecular complexity index is 397. The van der Waals surface area contributed by atoms with Crippen molar-refractivity contribution in [3.8, 4) is 0 Å². The van der Waals surface area contributed by atoms with Crippen LogP contribution >= 0.6 is 0 Å². The minimum Gasteiger partial charge on any atom is -0.329 e. The molecule has 1 atom stereocenters. The molecule has 82 valence electrons. The van der Waals surface area contributed by atoms with E-state index >= 15 is 0 Å². The lowest BCUT2D eigenvalue weighted by Crippen LogP contribution is -2.23. The van der Waals surface area contributed by atoms with Crippen LogP contribution < -0.4 is 5.56 Å². The van der Waals surface area contributed by atoms with Gasteiger partial charge in [0.1, 0.15) is 0 Å². The van der Waals surface area contributed by atoms with E-state index in [4.69, 9.17) is 0 Å². The molecule has 3 nitrogen and oxygen atoms in total. The fraction of sp³-hybridized carbons (Fsp3) is 0.583. The Morgan fingerprint density at radius 2 is 2.40 bits per heavy atom. The highest BCUT2D eigenvalue weighted by atomic mass is 16.1. The SMILES string of the molecule is CCN1CCC[C@H]1c1c[nH]c(=O)c(C)c1. The Labute approximate surface area is 90.1 Å². The van der Waals surface area contributed by atoms with Crippen molar-refractivity contribution in [3.63, 3.8) is 0 Å². The normalized spacial score (nSPS) is 22.1. The highest BCUT2D eigenvalue weighted by Crippen LogP contribution is 2.30. The van der Waals surface area contributed by atoms with E-state index in [0.717, 1.165) is 12.1 Å². The van der Waals surface area contributed by atoms with Gasteiger partial charge in [-0.25, -0.2) is 0 Å². The number of likely N-dealkylation sites (tertiary alicyclic amines) is 1. The molecule has 0 bridgehead atoms. The lowest BCUT2D eigenvalue weighted by atomic mass is 10.1. The number of hydrogen-bond donors (Lipinski definition) is 1. The summed E-state index contributed by atoms with van der Waals surface area (Å²) in [5.41, 5.74) is 2.10. The van der Waals surface area contributed by atoms with E-state index < -0.39 is 0 Å². The van der Waals surface area contributed by atoms with Gasteiger partial charge in [0.15, 0.2) is 0 Å². The molecule has 0 spiro atoms. The number of aryl methyl sites for hydroxylation is 1. The summed E-state index contributed by atoms with van der Waals surface area (Å²) in [4.78, 5) is 16.5. The van der Waals surface area contributed by atoms with E-state index in [1.54, 1.807) is 0 Å². The molecule has 0 radical (unpaired) electrons. The lowest BCUT2D eigenvalue weighted by molar-refractivity contribution is 0.271. The number of rotatable bonds is 2. The summed E-state index contributed by atoms with van der Waals surface area (Å²) in [6.45, 7) is 6.33. The van der Waals surface area contributed by atoms with Gasteiger partial charge in [-0.05, 0) is 44.5 Å². The van der Waals surface area contributed by atoms with Gasteiger partial charge in [-0.3, -0.25) is 9.69 Å². The van der Waals surface area contributed by atoms with Gasteiger partial charge < -0.3 is 4.98 Å². The quantitative estimate of drug-likeness (QED) is 0.801. The van der Waals surface area contributed by atoms with Gasteiger partial charge in [-0.15, -0.1) is 0 Å². The van der Waals surface area contributed by atoms with E-state index in [1.165, 1.54) is 24.9 Å². The van der Waals surface area contributed by atoms with E-state index in [0.29, 0.717) is 6.04 Å². The number of nitrogens with one attached hydrogen (secondary N) is 1. The van der Waals surface area contributed by atoms with Crippen molar-refractivity contribution in [2.24, 2.45) is 0 Å². The van der Waals surface area contributed by atoms with E-state index in [2.05, 4.69) is 16.8 Å². The predicted molar refractivity (Wildman–Crippen MR) is 61.0 cm³/mol. The molecule has 0 saturated carbocycles. The number of hydrogen-bond acceptors (Lipinski definition) is 2. The summed E-state index contributed by atoms with van der Waals surface area (Å²) < 4.78 is 0. The van der Waals surface area contributed by atoms with Crippen LogP contribution in [0.3, 0.4) is 0 Å². The largest absolute Gasteiger partial charge is 0.329 e. The van der Waals surface area contributed by atoms with Gasteiger partial charge in [-0.2, -0.15) is 0 Å². The third-order valence-corrected chi connectivity index (χ3v) is 3.27. The maximum atomic E-state index is 11.3. The van der Waals surface area contributed by atoms with Crippen molar-refractivity contribution < 1.29 is 0 Å². The minimum atomic E-state index is 0.0276. The van der Waals surface area contributed by atoms with Crippen molar-refractivity contribution >= 4 is 0 Å². The Balaban J connectivity index is 2.29. The third kappa shape index (κ3) is 1.97. The first kappa shape index (κ1) is 10.4. The zero-order chi connectivity index (χ0) is 10.8. The molecule has 2 rings (SSSR count). The van der Waals surface area contributed by atoms with Gasteiger partial charge in [-0.1, -0.05) is 6.92 Å². The van der Waals surface area contributed by atoms with E-state index in [9.17, 15) is 4.79 Å². The van der Waals surface area contributed by atoms with Crippen molar-refractivity contribution in [2.45, 2.75) is 32.7 Å². The number of aromatic amines is 1. The van der Waals surface area contributed by atoms with E-state index in [1.807, 2.05) is 19.2 Å². The second kappa shape index (κ2) is 4.19. The summed E-state index contributed by atoms with van der Waals surface area (Å²) in [5, 5.41) is 0. The molecule has 1 saturated heterocycles. The smallest absolute Gasteiger partial charge is 0.250 e. The molecule has 0 unspecified atom stereocenters. The molecule has 1 N–H and O–H groups in total. The van der Waals surface area contributed by atoms with Crippen LogP contribution in [0.15, 0.2) is 17.1 Å². The van der Waals surface area contributed by atoms with Crippen LogP contribution in [0, 0.1) is 6.92 Å². The molecule has 3 heteroatoms. The van der Waals surface area contributed by atoms with Crippen molar-refractivity contribution in [1.29, 1.82) is 0 Å². The Hall–Kier alpha value is -1.09. The van der Waals surface area contributed by atoms with Crippen molar-refractivity contribution in [2.75, 3.05) is 13.1 Å². The lowest BCUT2D eigenvalue weighted by Gasteiger charge is -2.22. The molecule has 15 heavy (non-hydrogen) atoms.